The van der Waals surface area contributed by atoms with Crippen LogP contribution >= 0.6 is 0 Å². The third-order valence-electron chi connectivity index (χ3n) is 8.30. The number of carbonyl (C=O) groups is 1. The molecule has 2 fully saturated rings. The molecule has 2 saturated heterocycles. The fourth-order valence-electron chi connectivity index (χ4n) is 6.43. The molecule has 2 atom stereocenters. The Bertz CT molecular complexity index is 1820. The Labute approximate surface area is 227 Å². The summed E-state index contributed by atoms with van der Waals surface area (Å²) >= 11 is 0. The van der Waals surface area contributed by atoms with E-state index in [0.717, 1.165) is 6.42 Å². The van der Waals surface area contributed by atoms with Gasteiger partial charge in [0.2, 0.25) is 5.43 Å². The van der Waals surface area contributed by atoms with Crippen LogP contribution in [0.2, 0.25) is 0 Å². The van der Waals surface area contributed by atoms with Crippen LogP contribution < -0.4 is 15.6 Å². The molecule has 2 unspecified atom stereocenters. The standard InChI is InChI=1S/C29H25F2N5O4/c1-3-35-11-19(29(38)39)27(37)17-4-13(8-34-28(17)35)18-9-33-22-6-16-21(32-2)7-20(30)25(31)23(16)24(22)26(18)36-10-15-5-14(36)12-40-15/h4,7-9,11,14-15,32H,3,5-6,10,12H2,1-2H3,(H,38,39). The second kappa shape index (κ2) is 8.82. The van der Waals surface area contributed by atoms with Crippen molar-refractivity contribution in [3.8, 4) is 22.3 Å². The van der Waals surface area contributed by atoms with E-state index in [2.05, 4.69) is 15.2 Å². The second-order valence-corrected chi connectivity index (χ2v) is 10.4. The molecule has 1 aliphatic carbocycles. The molecule has 0 radical (unpaired) electrons. The molecule has 0 saturated carbocycles. The molecule has 2 aliphatic heterocycles. The first-order valence-electron chi connectivity index (χ1n) is 13.2. The van der Waals surface area contributed by atoms with E-state index in [1.54, 1.807) is 30.1 Å². The van der Waals surface area contributed by atoms with Crippen molar-refractivity contribution in [3.05, 3.63) is 69.4 Å². The number of halogens is 2. The van der Waals surface area contributed by atoms with Crippen LogP contribution in [0.15, 0.2) is 35.5 Å². The molecule has 40 heavy (non-hydrogen) atoms. The Morgan fingerprint density at radius 2 is 2.05 bits per heavy atom. The Balaban J connectivity index is 1.52. The Morgan fingerprint density at radius 1 is 1.23 bits per heavy atom. The number of morpholine rings is 1. The average molecular weight is 546 g/mol. The van der Waals surface area contributed by atoms with Gasteiger partial charge in [0.15, 0.2) is 11.6 Å². The van der Waals surface area contributed by atoms with Gasteiger partial charge in [0.05, 0.1) is 35.5 Å². The van der Waals surface area contributed by atoms with Gasteiger partial charge in [-0.1, -0.05) is 0 Å². The van der Waals surface area contributed by atoms with Crippen molar-refractivity contribution < 1.29 is 23.4 Å². The highest BCUT2D eigenvalue weighted by Gasteiger charge is 2.43. The molecule has 2 N–H and O–H groups in total. The van der Waals surface area contributed by atoms with Gasteiger partial charge in [0, 0.05) is 79.2 Å². The van der Waals surface area contributed by atoms with Crippen molar-refractivity contribution in [2.45, 2.75) is 38.5 Å². The lowest BCUT2D eigenvalue weighted by Crippen LogP contribution is -2.37. The van der Waals surface area contributed by atoms with E-state index in [9.17, 15) is 19.1 Å². The van der Waals surface area contributed by atoms with Crippen LogP contribution in [0, 0.1) is 11.6 Å². The van der Waals surface area contributed by atoms with Crippen LogP contribution in [0.4, 0.5) is 20.2 Å². The van der Waals surface area contributed by atoms with E-state index in [1.807, 2.05) is 6.92 Å². The van der Waals surface area contributed by atoms with Crippen LogP contribution in [0.25, 0.3) is 33.3 Å². The summed E-state index contributed by atoms with van der Waals surface area (Å²) in [7, 11) is 1.67. The number of aromatic nitrogens is 3. The van der Waals surface area contributed by atoms with Crippen molar-refractivity contribution in [3.63, 3.8) is 0 Å². The maximum atomic E-state index is 15.6. The highest BCUT2D eigenvalue weighted by Crippen LogP contribution is 2.51. The van der Waals surface area contributed by atoms with Crippen LogP contribution in [0.3, 0.4) is 0 Å². The Hall–Kier alpha value is -4.38. The number of fused-ring (bicyclic) bond motifs is 6. The first-order valence-corrected chi connectivity index (χ1v) is 13.2. The quantitative estimate of drug-likeness (QED) is 0.341. The van der Waals surface area contributed by atoms with Gasteiger partial charge in [-0.25, -0.2) is 18.6 Å². The first kappa shape index (κ1) is 24.6. The fraction of sp³-hybridized carbons (Fsp3) is 0.310. The molecule has 0 spiro atoms. The number of aryl methyl sites for hydroxylation is 1. The highest BCUT2D eigenvalue weighted by atomic mass is 19.2. The van der Waals surface area contributed by atoms with Gasteiger partial charge >= 0.3 is 5.97 Å². The predicted octanol–water partition coefficient (Wildman–Crippen LogP) is 4.05. The molecular formula is C29H25F2N5O4. The smallest absolute Gasteiger partial charge is 0.341 e. The maximum absolute atomic E-state index is 15.6. The number of pyridine rings is 3. The summed E-state index contributed by atoms with van der Waals surface area (Å²) < 4.78 is 37.9. The zero-order valence-electron chi connectivity index (χ0n) is 21.8. The van der Waals surface area contributed by atoms with Gasteiger partial charge < -0.3 is 24.6 Å². The number of aromatic carboxylic acids is 1. The molecular weight excluding hydrogens is 520 g/mol. The van der Waals surface area contributed by atoms with E-state index in [4.69, 9.17) is 9.72 Å². The van der Waals surface area contributed by atoms with E-state index in [0.29, 0.717) is 71.1 Å². The summed E-state index contributed by atoms with van der Waals surface area (Å²) in [6.07, 6.45) is 5.78. The van der Waals surface area contributed by atoms with Gasteiger partial charge in [-0.15, -0.1) is 0 Å². The molecule has 5 heterocycles. The third-order valence-corrected chi connectivity index (χ3v) is 8.30. The summed E-state index contributed by atoms with van der Waals surface area (Å²) in [5.74, 6) is -3.20. The summed E-state index contributed by atoms with van der Waals surface area (Å²) in [4.78, 5) is 36.4. The molecule has 3 aliphatic rings. The molecule has 7 rings (SSSR count). The van der Waals surface area contributed by atoms with Gasteiger partial charge in [-0.3, -0.25) is 9.78 Å². The van der Waals surface area contributed by atoms with Gasteiger partial charge in [0.1, 0.15) is 11.2 Å². The van der Waals surface area contributed by atoms with Crippen molar-refractivity contribution >= 4 is 28.4 Å². The zero-order valence-corrected chi connectivity index (χ0v) is 21.8. The van der Waals surface area contributed by atoms with Crippen LogP contribution in [0.1, 0.15) is 35.0 Å². The molecule has 4 aromatic rings. The summed E-state index contributed by atoms with van der Waals surface area (Å²) in [6, 6.07) is 2.83. The summed E-state index contributed by atoms with van der Waals surface area (Å²) in [6.45, 7) is 3.34. The molecule has 3 aromatic heterocycles. The van der Waals surface area contributed by atoms with E-state index < -0.39 is 23.0 Å². The number of nitrogens with one attached hydrogen (secondary N) is 1. The minimum absolute atomic E-state index is 0.0253. The van der Waals surface area contributed by atoms with Crippen molar-refractivity contribution in [1.29, 1.82) is 0 Å². The number of anilines is 2. The SMILES string of the molecule is CCn1cc(C(=O)O)c(=O)c2cc(-c3cnc4c(c3N3CC5CC3CO5)-c3c(F)c(F)cc(NC)c3C4)cnc21. The minimum atomic E-state index is -1.32. The lowest BCUT2D eigenvalue weighted by atomic mass is 9.96. The maximum Gasteiger partial charge on any atom is 0.341 e. The number of ether oxygens (including phenoxy) is 1. The molecule has 9 nitrogen and oxygen atoms in total. The van der Waals surface area contributed by atoms with Crippen molar-refractivity contribution in [1.82, 2.24) is 14.5 Å². The predicted molar refractivity (Wildman–Crippen MR) is 145 cm³/mol. The Morgan fingerprint density at radius 3 is 2.73 bits per heavy atom. The number of benzene rings is 1. The lowest BCUT2D eigenvalue weighted by molar-refractivity contribution is 0.0694. The highest BCUT2D eigenvalue weighted by molar-refractivity contribution is 5.99. The number of hydrogen-bond donors (Lipinski definition) is 2. The van der Waals surface area contributed by atoms with Crippen LogP contribution in [-0.2, 0) is 17.7 Å². The zero-order chi connectivity index (χ0) is 27.9. The topological polar surface area (TPSA) is 110 Å². The van der Waals surface area contributed by atoms with Gasteiger partial charge in [-0.05, 0) is 25.0 Å². The molecule has 2 bridgehead atoms. The largest absolute Gasteiger partial charge is 0.477 e. The van der Waals surface area contributed by atoms with Crippen molar-refractivity contribution in [2.24, 2.45) is 0 Å². The summed E-state index contributed by atoms with van der Waals surface area (Å²) in [5.41, 5.74) is 3.68. The lowest BCUT2D eigenvalue weighted by Gasteiger charge is -2.33. The fourth-order valence-corrected chi connectivity index (χ4v) is 6.43. The minimum Gasteiger partial charge on any atom is -0.477 e. The number of hydrogen-bond acceptors (Lipinski definition) is 7. The first-order chi connectivity index (χ1) is 19.3. The molecule has 11 heteroatoms. The monoisotopic (exact) mass is 545 g/mol. The van der Waals surface area contributed by atoms with E-state index in [1.165, 1.54) is 12.3 Å². The van der Waals surface area contributed by atoms with Gasteiger partial charge in [-0.2, -0.15) is 0 Å². The number of carboxylic acid groups (broad SMARTS) is 1. The Kier molecular flexibility index (Phi) is 5.43. The normalized spacial score (nSPS) is 18.9. The van der Waals surface area contributed by atoms with E-state index in [-0.39, 0.29) is 28.7 Å². The third kappa shape index (κ3) is 3.40. The average Bonchev–Trinajstić information content (AvgIpc) is 3.69. The number of carboxylic acids is 1. The molecule has 0 amide bonds. The van der Waals surface area contributed by atoms with Gasteiger partial charge in [0.25, 0.3) is 0 Å². The van der Waals surface area contributed by atoms with Crippen LogP contribution in [0.5, 0.6) is 0 Å². The molecule has 1 aromatic carbocycles. The molecule has 204 valence electrons. The van der Waals surface area contributed by atoms with E-state index >= 15 is 4.39 Å². The second-order valence-electron chi connectivity index (χ2n) is 10.4. The number of nitrogens with zero attached hydrogens (tertiary/aromatic N) is 4. The van der Waals surface area contributed by atoms with Crippen molar-refractivity contribution in [2.75, 3.05) is 30.4 Å². The number of rotatable bonds is 5. The van der Waals surface area contributed by atoms with Crippen LogP contribution in [-0.4, -0.2) is 58.0 Å². The summed E-state index contributed by atoms with van der Waals surface area (Å²) in [5, 5.41) is 12.8.